The summed E-state index contributed by atoms with van der Waals surface area (Å²) in [6.45, 7) is 4.98. The second kappa shape index (κ2) is 5.14. The molecule has 1 fully saturated rings. The van der Waals surface area contributed by atoms with Gasteiger partial charge in [-0.2, -0.15) is 4.31 Å². The minimum absolute atomic E-state index is 0.0160. The van der Waals surface area contributed by atoms with Crippen LogP contribution < -0.4 is 0 Å². The number of nitrogens with zero attached hydrogens (tertiary/aromatic N) is 2. The monoisotopic (exact) mass is 248 g/mol. The maximum atomic E-state index is 12.0. The van der Waals surface area contributed by atoms with Gasteiger partial charge in [-0.05, 0) is 5.92 Å². The van der Waals surface area contributed by atoms with E-state index in [4.69, 9.17) is 0 Å². The van der Waals surface area contributed by atoms with E-state index >= 15 is 0 Å². The van der Waals surface area contributed by atoms with Gasteiger partial charge in [-0.15, -0.1) is 0 Å². The van der Waals surface area contributed by atoms with Crippen molar-refractivity contribution in [3.8, 4) is 0 Å². The number of amides is 1. The molecule has 1 aliphatic heterocycles. The molecule has 1 aliphatic rings. The number of hydrogen-bond acceptors (Lipinski definition) is 3. The van der Waals surface area contributed by atoms with Crippen molar-refractivity contribution >= 4 is 15.9 Å². The minimum atomic E-state index is -3.20. The lowest BCUT2D eigenvalue weighted by Crippen LogP contribution is -2.37. The largest absolute Gasteiger partial charge is 0.344 e. The van der Waals surface area contributed by atoms with Crippen molar-refractivity contribution in [2.75, 3.05) is 32.4 Å². The highest BCUT2D eigenvalue weighted by atomic mass is 32.2. The highest BCUT2D eigenvalue weighted by Gasteiger charge is 2.27. The van der Waals surface area contributed by atoms with Crippen LogP contribution in [-0.4, -0.2) is 56.0 Å². The van der Waals surface area contributed by atoms with Crippen LogP contribution in [0.15, 0.2) is 0 Å². The number of carbonyl (C=O) groups excluding carboxylic acids is 1. The van der Waals surface area contributed by atoms with E-state index in [1.54, 1.807) is 11.9 Å². The van der Waals surface area contributed by atoms with Crippen molar-refractivity contribution in [1.82, 2.24) is 9.21 Å². The van der Waals surface area contributed by atoms with Crippen LogP contribution in [0.4, 0.5) is 0 Å². The second-order valence-electron chi connectivity index (χ2n) is 4.64. The van der Waals surface area contributed by atoms with Crippen molar-refractivity contribution in [2.45, 2.75) is 20.3 Å². The first kappa shape index (κ1) is 13.4. The van der Waals surface area contributed by atoms with Gasteiger partial charge in [0, 0.05) is 33.1 Å². The molecule has 0 aromatic heterocycles. The van der Waals surface area contributed by atoms with Gasteiger partial charge in [0.15, 0.2) is 0 Å². The summed E-state index contributed by atoms with van der Waals surface area (Å²) in [5.41, 5.74) is 0. The van der Waals surface area contributed by atoms with Gasteiger partial charge in [0.1, 0.15) is 0 Å². The Balaban J connectivity index is 2.71. The number of hydrogen-bond donors (Lipinski definition) is 0. The Morgan fingerprint density at radius 3 is 2.44 bits per heavy atom. The smallest absolute Gasteiger partial charge is 0.223 e. The number of carbonyl (C=O) groups is 1. The molecule has 0 aromatic rings. The molecular formula is C10H20N2O3S. The molecule has 1 heterocycles. The molecule has 94 valence electrons. The molecule has 0 N–H and O–H groups in total. The normalized spacial score (nSPS) is 20.2. The molecule has 0 spiro atoms. The molecule has 1 rings (SSSR count). The van der Waals surface area contributed by atoms with Crippen molar-refractivity contribution in [2.24, 2.45) is 5.92 Å². The summed E-state index contributed by atoms with van der Waals surface area (Å²) in [5, 5.41) is 0. The third kappa shape index (κ3) is 3.45. The van der Waals surface area contributed by atoms with E-state index in [9.17, 15) is 13.2 Å². The third-order valence-corrected chi connectivity index (χ3v) is 4.86. The Hall–Kier alpha value is -0.620. The van der Waals surface area contributed by atoms with Crippen molar-refractivity contribution in [3.05, 3.63) is 0 Å². The quantitative estimate of drug-likeness (QED) is 0.713. The van der Waals surface area contributed by atoms with Crippen LogP contribution in [0.1, 0.15) is 20.3 Å². The van der Waals surface area contributed by atoms with E-state index in [-0.39, 0.29) is 24.0 Å². The SMILES string of the molecule is CC(C)CS(=O)(=O)N1CCC(=O)N(C)CC1. The fraction of sp³-hybridized carbons (Fsp3) is 0.900. The lowest BCUT2D eigenvalue weighted by atomic mass is 10.3. The van der Waals surface area contributed by atoms with Crippen LogP contribution in [0.25, 0.3) is 0 Å². The zero-order valence-electron chi connectivity index (χ0n) is 10.1. The van der Waals surface area contributed by atoms with E-state index < -0.39 is 10.0 Å². The lowest BCUT2D eigenvalue weighted by Gasteiger charge is -2.20. The maximum Gasteiger partial charge on any atom is 0.223 e. The summed E-state index contributed by atoms with van der Waals surface area (Å²) in [6, 6.07) is 0. The van der Waals surface area contributed by atoms with Crippen LogP contribution in [0.2, 0.25) is 0 Å². The van der Waals surface area contributed by atoms with Crippen molar-refractivity contribution < 1.29 is 13.2 Å². The second-order valence-corrected chi connectivity index (χ2v) is 6.65. The zero-order chi connectivity index (χ0) is 12.3. The summed E-state index contributed by atoms with van der Waals surface area (Å²) in [4.78, 5) is 13.0. The van der Waals surface area contributed by atoms with Crippen LogP contribution in [0.5, 0.6) is 0 Å². The minimum Gasteiger partial charge on any atom is -0.344 e. The van der Waals surface area contributed by atoms with Gasteiger partial charge in [0.2, 0.25) is 15.9 Å². The van der Waals surface area contributed by atoms with E-state index in [1.807, 2.05) is 13.8 Å². The lowest BCUT2D eigenvalue weighted by molar-refractivity contribution is -0.129. The fourth-order valence-electron chi connectivity index (χ4n) is 1.71. The van der Waals surface area contributed by atoms with Gasteiger partial charge in [-0.1, -0.05) is 13.8 Å². The Kier molecular flexibility index (Phi) is 4.32. The Morgan fingerprint density at radius 1 is 1.25 bits per heavy atom. The molecule has 0 aliphatic carbocycles. The predicted molar refractivity (Wildman–Crippen MR) is 62.5 cm³/mol. The molecule has 0 saturated carbocycles. The molecule has 1 amide bonds. The highest BCUT2D eigenvalue weighted by molar-refractivity contribution is 7.89. The Labute approximate surface area is 97.5 Å². The standard InChI is InChI=1S/C10H20N2O3S/c1-9(2)8-16(14,15)12-5-4-10(13)11(3)6-7-12/h9H,4-8H2,1-3H3. The van der Waals surface area contributed by atoms with Crippen molar-refractivity contribution in [1.29, 1.82) is 0 Å². The summed E-state index contributed by atoms with van der Waals surface area (Å²) < 4.78 is 25.4. The van der Waals surface area contributed by atoms with Crippen LogP contribution in [0.3, 0.4) is 0 Å². The first-order chi connectivity index (χ1) is 7.33. The van der Waals surface area contributed by atoms with Crippen LogP contribution in [-0.2, 0) is 14.8 Å². The Bertz CT molecular complexity index is 351. The first-order valence-corrected chi connectivity index (χ1v) is 7.15. The number of likely N-dealkylation sites (N-methyl/N-ethyl adjacent to an activating group) is 1. The summed E-state index contributed by atoms with van der Waals surface area (Å²) in [6.07, 6.45) is 0.286. The van der Waals surface area contributed by atoms with Crippen molar-refractivity contribution in [3.63, 3.8) is 0 Å². The maximum absolute atomic E-state index is 12.0. The average Bonchev–Trinajstić information content (AvgIpc) is 2.28. The highest BCUT2D eigenvalue weighted by Crippen LogP contribution is 2.11. The fourth-order valence-corrected chi connectivity index (χ4v) is 3.50. The van der Waals surface area contributed by atoms with E-state index in [0.717, 1.165) is 0 Å². The molecule has 0 aromatic carbocycles. The third-order valence-electron chi connectivity index (χ3n) is 2.62. The average molecular weight is 248 g/mol. The summed E-state index contributed by atoms with van der Waals surface area (Å²) in [5.74, 6) is 0.286. The molecular weight excluding hydrogens is 228 g/mol. The van der Waals surface area contributed by atoms with Gasteiger partial charge in [-0.3, -0.25) is 4.79 Å². The molecule has 0 bridgehead atoms. The molecule has 5 nitrogen and oxygen atoms in total. The molecule has 6 heteroatoms. The molecule has 0 atom stereocenters. The molecule has 1 saturated heterocycles. The van der Waals surface area contributed by atoms with Gasteiger partial charge in [0.05, 0.1) is 5.75 Å². The van der Waals surface area contributed by atoms with Crippen LogP contribution >= 0.6 is 0 Å². The predicted octanol–water partition coefficient (Wildman–Crippen LogP) is 0.136. The topological polar surface area (TPSA) is 57.7 Å². The van der Waals surface area contributed by atoms with E-state index in [1.165, 1.54) is 4.31 Å². The number of sulfonamides is 1. The van der Waals surface area contributed by atoms with Crippen LogP contribution in [0, 0.1) is 5.92 Å². The first-order valence-electron chi connectivity index (χ1n) is 5.54. The van der Waals surface area contributed by atoms with Gasteiger partial charge in [-0.25, -0.2) is 8.42 Å². The van der Waals surface area contributed by atoms with Gasteiger partial charge in [0.25, 0.3) is 0 Å². The van der Waals surface area contributed by atoms with E-state index in [0.29, 0.717) is 19.6 Å². The summed E-state index contributed by atoms with van der Waals surface area (Å²) in [7, 11) is -1.49. The molecule has 0 radical (unpaired) electrons. The summed E-state index contributed by atoms with van der Waals surface area (Å²) >= 11 is 0. The number of rotatable bonds is 3. The zero-order valence-corrected chi connectivity index (χ0v) is 11.0. The Morgan fingerprint density at radius 2 is 1.88 bits per heavy atom. The molecule has 0 unspecified atom stereocenters. The molecule has 16 heavy (non-hydrogen) atoms. The van der Waals surface area contributed by atoms with E-state index in [2.05, 4.69) is 0 Å². The van der Waals surface area contributed by atoms with Gasteiger partial charge < -0.3 is 4.90 Å². The van der Waals surface area contributed by atoms with Gasteiger partial charge >= 0.3 is 0 Å².